The molecule has 2 N–H and O–H groups in total. The van der Waals surface area contributed by atoms with Gasteiger partial charge in [-0.1, -0.05) is 24.3 Å². The Morgan fingerprint density at radius 1 is 1.33 bits per heavy atom. The number of nitrogens with zero attached hydrogens (tertiary/aromatic N) is 2. The number of benzene rings is 1. The SMILES string of the molecule is O=C(O)[C@@H]1C[C@H](O)CCN1Cc1cccc2cccnc12. The van der Waals surface area contributed by atoms with Crippen LogP contribution in [-0.2, 0) is 11.3 Å². The number of aliphatic carboxylic acids is 1. The van der Waals surface area contributed by atoms with E-state index < -0.39 is 18.1 Å². The third kappa shape index (κ3) is 2.89. The lowest BCUT2D eigenvalue weighted by atomic mass is 9.98. The number of rotatable bonds is 3. The quantitative estimate of drug-likeness (QED) is 0.897. The molecule has 3 rings (SSSR count). The molecule has 0 bridgehead atoms. The molecule has 0 radical (unpaired) electrons. The standard InChI is InChI=1S/C16H18N2O3/c19-13-6-8-18(14(9-13)16(20)21)10-12-4-1-3-11-5-2-7-17-15(11)12/h1-5,7,13-14,19H,6,8-10H2,(H,20,21)/t13-,14+/m1/s1. The van der Waals surface area contributed by atoms with Gasteiger partial charge < -0.3 is 10.2 Å². The fourth-order valence-corrected chi connectivity index (χ4v) is 2.96. The van der Waals surface area contributed by atoms with Crippen molar-refractivity contribution in [2.45, 2.75) is 31.5 Å². The minimum atomic E-state index is -0.873. The van der Waals surface area contributed by atoms with Crippen LogP contribution in [0.5, 0.6) is 0 Å². The van der Waals surface area contributed by atoms with E-state index in [1.807, 2.05) is 35.2 Å². The van der Waals surface area contributed by atoms with E-state index in [1.54, 1.807) is 6.20 Å². The fourth-order valence-electron chi connectivity index (χ4n) is 2.96. The molecule has 0 aliphatic carbocycles. The van der Waals surface area contributed by atoms with Crippen molar-refractivity contribution < 1.29 is 15.0 Å². The minimum absolute atomic E-state index is 0.285. The van der Waals surface area contributed by atoms with Crippen LogP contribution in [0.15, 0.2) is 36.5 Å². The molecule has 5 heteroatoms. The van der Waals surface area contributed by atoms with E-state index >= 15 is 0 Å². The average Bonchev–Trinajstić information content (AvgIpc) is 2.49. The number of aliphatic hydroxyl groups is 1. The first-order valence-corrected chi connectivity index (χ1v) is 7.12. The lowest BCUT2D eigenvalue weighted by Gasteiger charge is -2.35. The van der Waals surface area contributed by atoms with E-state index in [4.69, 9.17) is 0 Å². The number of hydrogen-bond donors (Lipinski definition) is 2. The van der Waals surface area contributed by atoms with Crippen LogP contribution in [0, 0.1) is 0 Å². The summed E-state index contributed by atoms with van der Waals surface area (Å²) in [5, 5.41) is 20.1. The summed E-state index contributed by atoms with van der Waals surface area (Å²) in [7, 11) is 0. The Kier molecular flexibility index (Phi) is 3.86. The number of aliphatic hydroxyl groups excluding tert-OH is 1. The molecule has 21 heavy (non-hydrogen) atoms. The maximum atomic E-state index is 11.4. The van der Waals surface area contributed by atoms with Crippen LogP contribution in [0.25, 0.3) is 10.9 Å². The normalized spacial score (nSPS) is 23.3. The number of likely N-dealkylation sites (tertiary alicyclic amines) is 1. The second-order valence-corrected chi connectivity index (χ2v) is 5.49. The molecule has 1 aromatic heterocycles. The molecule has 2 heterocycles. The summed E-state index contributed by atoms with van der Waals surface area (Å²) in [6, 6.07) is 9.21. The largest absolute Gasteiger partial charge is 0.480 e. The van der Waals surface area contributed by atoms with Gasteiger partial charge in [0.05, 0.1) is 11.6 Å². The van der Waals surface area contributed by atoms with Crippen LogP contribution in [0.2, 0.25) is 0 Å². The first-order chi connectivity index (χ1) is 10.1. The van der Waals surface area contributed by atoms with E-state index in [0.717, 1.165) is 16.5 Å². The highest BCUT2D eigenvalue weighted by molar-refractivity contribution is 5.81. The number of pyridine rings is 1. The zero-order chi connectivity index (χ0) is 14.8. The van der Waals surface area contributed by atoms with E-state index in [1.165, 1.54) is 0 Å². The van der Waals surface area contributed by atoms with Gasteiger partial charge in [-0.3, -0.25) is 14.7 Å². The predicted octanol–water partition coefficient (Wildman–Crippen LogP) is 1.64. The highest BCUT2D eigenvalue weighted by Crippen LogP contribution is 2.23. The van der Waals surface area contributed by atoms with Crippen LogP contribution in [0.1, 0.15) is 18.4 Å². The summed E-state index contributed by atoms with van der Waals surface area (Å²) >= 11 is 0. The van der Waals surface area contributed by atoms with Crippen LogP contribution in [-0.4, -0.2) is 44.8 Å². The summed E-state index contributed by atoms with van der Waals surface area (Å²) in [5.74, 6) is -0.873. The van der Waals surface area contributed by atoms with E-state index in [2.05, 4.69) is 4.98 Å². The minimum Gasteiger partial charge on any atom is -0.480 e. The molecule has 1 aliphatic heterocycles. The zero-order valence-corrected chi connectivity index (χ0v) is 11.6. The Morgan fingerprint density at radius 3 is 2.95 bits per heavy atom. The Labute approximate surface area is 122 Å². The third-order valence-corrected chi connectivity index (χ3v) is 4.06. The summed E-state index contributed by atoms with van der Waals surface area (Å²) in [5.41, 5.74) is 1.94. The van der Waals surface area contributed by atoms with E-state index in [9.17, 15) is 15.0 Å². The molecule has 1 aliphatic rings. The van der Waals surface area contributed by atoms with Gasteiger partial charge in [-0.2, -0.15) is 0 Å². The Hall–Kier alpha value is -1.98. The van der Waals surface area contributed by atoms with Crippen LogP contribution in [0.4, 0.5) is 0 Å². The summed E-state index contributed by atoms with van der Waals surface area (Å²) in [6.07, 6.45) is 2.13. The topological polar surface area (TPSA) is 73.7 Å². The maximum absolute atomic E-state index is 11.4. The van der Waals surface area contributed by atoms with Gasteiger partial charge in [0.2, 0.25) is 0 Å². The number of carboxylic acid groups (broad SMARTS) is 1. The summed E-state index contributed by atoms with van der Waals surface area (Å²) in [4.78, 5) is 17.7. The van der Waals surface area contributed by atoms with Gasteiger partial charge in [0.1, 0.15) is 6.04 Å². The van der Waals surface area contributed by atoms with Crippen molar-refractivity contribution in [2.24, 2.45) is 0 Å². The van der Waals surface area contributed by atoms with Gasteiger partial charge in [-0.15, -0.1) is 0 Å². The molecular weight excluding hydrogens is 268 g/mol. The Balaban J connectivity index is 1.88. The predicted molar refractivity (Wildman–Crippen MR) is 78.8 cm³/mol. The smallest absolute Gasteiger partial charge is 0.321 e. The number of aromatic nitrogens is 1. The highest BCUT2D eigenvalue weighted by Gasteiger charge is 2.32. The van der Waals surface area contributed by atoms with Crippen molar-refractivity contribution in [3.05, 3.63) is 42.1 Å². The lowest BCUT2D eigenvalue weighted by molar-refractivity contribution is -0.146. The molecule has 0 spiro atoms. The van der Waals surface area contributed by atoms with Gasteiger partial charge in [-0.25, -0.2) is 0 Å². The molecular formula is C16H18N2O3. The van der Waals surface area contributed by atoms with Gasteiger partial charge in [0.15, 0.2) is 0 Å². The molecule has 1 aromatic carbocycles. The third-order valence-electron chi connectivity index (χ3n) is 4.06. The van der Waals surface area contributed by atoms with Crippen molar-refractivity contribution in [2.75, 3.05) is 6.54 Å². The van der Waals surface area contributed by atoms with Crippen molar-refractivity contribution in [3.8, 4) is 0 Å². The molecule has 0 unspecified atom stereocenters. The van der Waals surface area contributed by atoms with Crippen molar-refractivity contribution in [1.82, 2.24) is 9.88 Å². The van der Waals surface area contributed by atoms with Crippen LogP contribution >= 0.6 is 0 Å². The number of hydrogen-bond acceptors (Lipinski definition) is 4. The molecule has 1 fully saturated rings. The summed E-state index contributed by atoms with van der Waals surface area (Å²) < 4.78 is 0. The molecule has 0 saturated carbocycles. The molecule has 0 amide bonds. The van der Waals surface area contributed by atoms with E-state index in [0.29, 0.717) is 19.5 Å². The maximum Gasteiger partial charge on any atom is 0.321 e. The van der Waals surface area contributed by atoms with E-state index in [-0.39, 0.29) is 6.42 Å². The first-order valence-electron chi connectivity index (χ1n) is 7.12. The molecule has 5 nitrogen and oxygen atoms in total. The second-order valence-electron chi connectivity index (χ2n) is 5.49. The van der Waals surface area contributed by atoms with Crippen molar-refractivity contribution >= 4 is 16.9 Å². The molecule has 1 saturated heterocycles. The Morgan fingerprint density at radius 2 is 2.14 bits per heavy atom. The van der Waals surface area contributed by atoms with Crippen LogP contribution in [0.3, 0.4) is 0 Å². The molecule has 110 valence electrons. The molecule has 2 atom stereocenters. The van der Waals surface area contributed by atoms with Crippen molar-refractivity contribution in [1.29, 1.82) is 0 Å². The number of fused-ring (bicyclic) bond motifs is 1. The van der Waals surface area contributed by atoms with Crippen molar-refractivity contribution in [3.63, 3.8) is 0 Å². The summed E-state index contributed by atoms with van der Waals surface area (Å²) in [6.45, 7) is 1.12. The number of para-hydroxylation sites is 1. The van der Waals surface area contributed by atoms with Crippen LogP contribution < -0.4 is 0 Å². The molecule has 2 aromatic rings. The number of piperidine rings is 1. The number of carboxylic acids is 1. The monoisotopic (exact) mass is 286 g/mol. The zero-order valence-electron chi connectivity index (χ0n) is 11.6. The number of carbonyl (C=O) groups is 1. The second kappa shape index (κ2) is 5.79. The van der Waals surface area contributed by atoms with Gasteiger partial charge in [0.25, 0.3) is 0 Å². The van der Waals surface area contributed by atoms with Gasteiger partial charge in [-0.05, 0) is 24.5 Å². The lowest BCUT2D eigenvalue weighted by Crippen LogP contribution is -2.48. The van der Waals surface area contributed by atoms with Gasteiger partial charge >= 0.3 is 5.97 Å². The van der Waals surface area contributed by atoms with Gasteiger partial charge in [0, 0.05) is 24.7 Å². The highest BCUT2D eigenvalue weighted by atomic mass is 16.4. The Bertz CT molecular complexity index is 654. The fraction of sp³-hybridized carbons (Fsp3) is 0.375. The average molecular weight is 286 g/mol. The first kappa shape index (κ1) is 14.0.